The molecule has 1 aromatic rings. The number of carbonyl (C=O) groups is 1. The zero-order valence-electron chi connectivity index (χ0n) is 13.1. The Balaban J connectivity index is 1.74. The molecule has 0 aromatic carbocycles. The summed E-state index contributed by atoms with van der Waals surface area (Å²) in [5.41, 5.74) is 6.27. The third kappa shape index (κ3) is 1.33. The highest BCUT2D eigenvalue weighted by atomic mass is 16.2. The van der Waals surface area contributed by atoms with Gasteiger partial charge in [-0.15, -0.1) is 0 Å². The van der Waals surface area contributed by atoms with Crippen LogP contribution in [-0.2, 0) is 4.79 Å². The van der Waals surface area contributed by atoms with Gasteiger partial charge in [0, 0.05) is 29.9 Å². The van der Waals surface area contributed by atoms with Crippen molar-refractivity contribution in [2.75, 3.05) is 6.54 Å². The van der Waals surface area contributed by atoms with Crippen LogP contribution in [0.25, 0.3) is 0 Å². The van der Waals surface area contributed by atoms with Crippen LogP contribution in [0.15, 0.2) is 29.6 Å². The second kappa shape index (κ2) is 4.09. The zero-order valence-corrected chi connectivity index (χ0v) is 13.1. The first-order valence-electron chi connectivity index (χ1n) is 7.96. The van der Waals surface area contributed by atoms with Crippen LogP contribution < -0.4 is 5.73 Å². The normalized spacial score (nSPS) is 42.5. The van der Waals surface area contributed by atoms with Crippen molar-refractivity contribution in [2.45, 2.75) is 38.6 Å². The van der Waals surface area contributed by atoms with Gasteiger partial charge >= 0.3 is 0 Å². The molecule has 116 valence electrons. The van der Waals surface area contributed by atoms with Gasteiger partial charge in [0.05, 0.1) is 6.21 Å². The number of carbonyl (C=O) groups excluding carboxylic acids is 1. The van der Waals surface area contributed by atoms with Gasteiger partial charge in [0.25, 0.3) is 0 Å². The predicted octanol–water partition coefficient (Wildman–Crippen LogP) is 1.78. The number of aromatic nitrogens is 1. The van der Waals surface area contributed by atoms with Crippen LogP contribution in [0.3, 0.4) is 0 Å². The van der Waals surface area contributed by atoms with Crippen molar-refractivity contribution in [2.24, 2.45) is 27.6 Å². The van der Waals surface area contributed by atoms with Crippen molar-refractivity contribution in [3.8, 4) is 0 Å². The van der Waals surface area contributed by atoms with Gasteiger partial charge < -0.3 is 5.73 Å². The van der Waals surface area contributed by atoms with Crippen LogP contribution in [0.1, 0.15) is 38.7 Å². The molecule has 2 saturated carbocycles. The van der Waals surface area contributed by atoms with Crippen LogP contribution in [0.5, 0.6) is 0 Å². The van der Waals surface area contributed by atoms with Crippen molar-refractivity contribution < 1.29 is 4.79 Å². The number of hydrogen-bond acceptors (Lipinski definition) is 4. The molecule has 1 aliphatic heterocycles. The minimum Gasteiger partial charge on any atom is -0.368 e. The maximum Gasteiger partial charge on any atom is 0.245 e. The first-order chi connectivity index (χ1) is 10.4. The summed E-state index contributed by atoms with van der Waals surface area (Å²) >= 11 is 0. The Bertz CT molecular complexity index is 660. The number of pyridine rings is 1. The third-order valence-corrected chi connectivity index (χ3v) is 6.97. The molecule has 4 rings (SSSR count). The van der Waals surface area contributed by atoms with Gasteiger partial charge in [0.2, 0.25) is 5.91 Å². The van der Waals surface area contributed by atoms with Gasteiger partial charge in [-0.1, -0.05) is 19.9 Å². The standard InChI is InChI=1S/C17H22N4O/c1-15-11-21(20-10-12-4-3-7-19-9-12)17(14(18)22)8-13(15)5-6-16(15,17)2/h3-4,7,9-10,13H,5-6,8,11H2,1-2H3,(H2,18,22)/b20-10-/t13-,15-,16-,17-/m0/s1. The van der Waals surface area contributed by atoms with Gasteiger partial charge in [0.1, 0.15) is 5.54 Å². The first kappa shape index (κ1) is 13.7. The van der Waals surface area contributed by atoms with Crippen LogP contribution >= 0.6 is 0 Å². The van der Waals surface area contributed by atoms with E-state index in [4.69, 9.17) is 5.73 Å². The molecule has 22 heavy (non-hydrogen) atoms. The van der Waals surface area contributed by atoms with Gasteiger partial charge in [-0.05, 0) is 36.7 Å². The molecule has 2 N–H and O–H groups in total. The van der Waals surface area contributed by atoms with Gasteiger partial charge in [0.15, 0.2) is 0 Å². The summed E-state index contributed by atoms with van der Waals surface area (Å²) in [5, 5.41) is 6.62. The predicted molar refractivity (Wildman–Crippen MR) is 84.0 cm³/mol. The molecule has 1 aromatic heterocycles. The molecule has 5 nitrogen and oxygen atoms in total. The summed E-state index contributed by atoms with van der Waals surface area (Å²) < 4.78 is 0. The number of hydrogen-bond donors (Lipinski definition) is 1. The number of hydrazone groups is 1. The van der Waals surface area contributed by atoms with Crippen molar-refractivity contribution in [3.63, 3.8) is 0 Å². The molecule has 2 heterocycles. The summed E-state index contributed by atoms with van der Waals surface area (Å²) in [6.07, 6.45) is 8.42. The van der Waals surface area contributed by atoms with E-state index in [1.54, 1.807) is 18.6 Å². The molecule has 4 atom stereocenters. The summed E-state index contributed by atoms with van der Waals surface area (Å²) in [6, 6.07) is 3.84. The average molecular weight is 298 g/mol. The highest BCUT2D eigenvalue weighted by Crippen LogP contribution is 2.75. The van der Waals surface area contributed by atoms with E-state index in [0.29, 0.717) is 5.92 Å². The molecule has 0 radical (unpaired) electrons. The third-order valence-electron chi connectivity index (χ3n) is 6.97. The number of amides is 1. The lowest BCUT2D eigenvalue weighted by Crippen LogP contribution is -2.60. The smallest absolute Gasteiger partial charge is 0.245 e. The SMILES string of the molecule is C[C@@]12CC[C@H]3C[C@@]1(C(N)=O)N(/N=C\c1cccnc1)C[C@@]32C. The molecular weight excluding hydrogens is 276 g/mol. The van der Waals surface area contributed by atoms with E-state index >= 15 is 0 Å². The van der Waals surface area contributed by atoms with E-state index in [1.165, 1.54) is 6.42 Å². The number of nitrogens with zero attached hydrogens (tertiary/aromatic N) is 3. The molecule has 1 saturated heterocycles. The van der Waals surface area contributed by atoms with Crippen LogP contribution in [0.4, 0.5) is 0 Å². The Kier molecular flexibility index (Phi) is 2.55. The number of nitrogens with two attached hydrogens (primary N) is 1. The fourth-order valence-corrected chi connectivity index (χ4v) is 5.47. The molecule has 2 aliphatic carbocycles. The van der Waals surface area contributed by atoms with E-state index in [2.05, 4.69) is 23.9 Å². The van der Waals surface area contributed by atoms with Crippen molar-refractivity contribution in [3.05, 3.63) is 30.1 Å². The molecule has 3 aliphatic rings. The second-order valence-electron chi connectivity index (χ2n) is 7.50. The van der Waals surface area contributed by atoms with Gasteiger partial charge in [-0.2, -0.15) is 5.10 Å². The Morgan fingerprint density at radius 2 is 2.36 bits per heavy atom. The quantitative estimate of drug-likeness (QED) is 0.865. The van der Waals surface area contributed by atoms with E-state index in [0.717, 1.165) is 24.9 Å². The Morgan fingerprint density at radius 1 is 1.55 bits per heavy atom. The number of primary amides is 1. The monoisotopic (exact) mass is 298 g/mol. The van der Waals surface area contributed by atoms with Crippen LogP contribution in [0.2, 0.25) is 0 Å². The van der Waals surface area contributed by atoms with Gasteiger partial charge in [-0.25, -0.2) is 0 Å². The number of rotatable bonds is 3. The summed E-state index contributed by atoms with van der Waals surface area (Å²) in [4.78, 5) is 16.5. The van der Waals surface area contributed by atoms with E-state index in [9.17, 15) is 4.79 Å². The zero-order chi connectivity index (χ0) is 15.6. The van der Waals surface area contributed by atoms with Crippen LogP contribution in [0, 0.1) is 16.7 Å². The second-order valence-corrected chi connectivity index (χ2v) is 7.50. The lowest BCUT2D eigenvalue weighted by molar-refractivity contribution is -0.135. The van der Waals surface area contributed by atoms with Crippen molar-refractivity contribution >= 4 is 12.1 Å². The largest absolute Gasteiger partial charge is 0.368 e. The van der Waals surface area contributed by atoms with E-state index < -0.39 is 5.54 Å². The van der Waals surface area contributed by atoms with Crippen molar-refractivity contribution in [1.82, 2.24) is 9.99 Å². The highest BCUT2D eigenvalue weighted by molar-refractivity contribution is 5.88. The molecule has 3 fully saturated rings. The topological polar surface area (TPSA) is 71.6 Å². The summed E-state index contributed by atoms with van der Waals surface area (Å²) in [5.74, 6) is 0.374. The minimum absolute atomic E-state index is 0.0667. The number of piperidine rings is 1. The molecule has 5 heteroatoms. The lowest BCUT2D eigenvalue weighted by atomic mass is 9.65. The summed E-state index contributed by atoms with van der Waals surface area (Å²) in [7, 11) is 0. The highest BCUT2D eigenvalue weighted by Gasteiger charge is 2.80. The Labute approximate surface area is 130 Å². The molecule has 4 bridgehead atoms. The summed E-state index contributed by atoms with van der Waals surface area (Å²) in [6.45, 7) is 5.37. The molecule has 0 spiro atoms. The van der Waals surface area contributed by atoms with E-state index in [-0.39, 0.29) is 16.7 Å². The fourth-order valence-electron chi connectivity index (χ4n) is 5.47. The van der Waals surface area contributed by atoms with Gasteiger partial charge in [-0.3, -0.25) is 14.8 Å². The Morgan fingerprint density at radius 3 is 3.00 bits per heavy atom. The maximum atomic E-state index is 12.4. The molecule has 0 unspecified atom stereocenters. The Hall–Kier alpha value is -1.91. The van der Waals surface area contributed by atoms with Crippen molar-refractivity contribution in [1.29, 1.82) is 0 Å². The first-order valence-corrected chi connectivity index (χ1v) is 7.96. The average Bonchev–Trinajstić information content (AvgIpc) is 2.95. The lowest BCUT2D eigenvalue weighted by Gasteiger charge is -2.44. The minimum atomic E-state index is -0.622. The van der Waals surface area contributed by atoms with E-state index in [1.807, 2.05) is 17.1 Å². The molecular formula is C17H22N4O. The fraction of sp³-hybridized carbons (Fsp3) is 0.588. The van der Waals surface area contributed by atoms with Crippen LogP contribution in [-0.4, -0.2) is 34.2 Å². The molecule has 1 amide bonds. The maximum absolute atomic E-state index is 12.4.